The molecule has 0 radical (unpaired) electrons. The number of likely N-dealkylation sites (N-methyl/N-ethyl adjacent to an activating group) is 1. The molecule has 2 unspecified atom stereocenters. The Kier molecular flexibility index (Phi) is 56.3. The molecule has 0 heterocycles. The molecule has 9 nitrogen and oxygen atoms in total. The molecule has 0 saturated carbocycles. The molecule has 0 rings (SSSR count). The molecular formula is C67H124NO8+. The third-order valence-corrected chi connectivity index (χ3v) is 14.3. The monoisotopic (exact) mass is 1070 g/mol. The third kappa shape index (κ3) is 58.9. The van der Waals surface area contributed by atoms with Crippen LogP contribution in [0.3, 0.4) is 0 Å². The van der Waals surface area contributed by atoms with Gasteiger partial charge in [0.15, 0.2) is 6.10 Å². The maximum Gasteiger partial charge on any atom is 0.361 e. The standard InChI is InChI=1S/C67H123NO8/c1-6-8-10-12-14-16-18-20-22-23-24-25-26-27-28-29-30-31-32-33-34-35-36-37-38-39-40-41-42-43-44-46-48-50-52-54-56-58-65(70)76-63(62-75-67(66(71)72)73-60-59-68(3,4)5)61-74-64(69)57-55-53-51-49-47-45-21-19-17-15-13-11-9-7-2/h13,15,18-21,23-24,63,67H,6-12,14,16-17,22,25-62H2,1-5H3/p+1/b15-13-,20-18-,21-19-,24-23-. The molecule has 0 saturated heterocycles. The van der Waals surface area contributed by atoms with E-state index in [0.29, 0.717) is 11.0 Å². The predicted octanol–water partition coefficient (Wildman–Crippen LogP) is 19.4. The predicted molar refractivity (Wildman–Crippen MR) is 323 cm³/mol. The van der Waals surface area contributed by atoms with Crippen LogP contribution in [-0.4, -0.2) is 87.4 Å². The Morgan fingerprint density at radius 3 is 1.08 bits per heavy atom. The lowest BCUT2D eigenvalue weighted by molar-refractivity contribution is -0.870. The Labute approximate surface area is 470 Å². The van der Waals surface area contributed by atoms with E-state index in [-0.39, 0.29) is 38.6 Å². The molecule has 9 heteroatoms. The van der Waals surface area contributed by atoms with Crippen molar-refractivity contribution in [2.24, 2.45) is 0 Å². The Morgan fingerprint density at radius 1 is 0.395 bits per heavy atom. The van der Waals surface area contributed by atoms with Crippen LogP contribution in [0.1, 0.15) is 303 Å². The van der Waals surface area contributed by atoms with E-state index in [1.807, 2.05) is 21.1 Å². The number of unbranched alkanes of at least 4 members (excludes halogenated alkanes) is 37. The first kappa shape index (κ1) is 73.2. The summed E-state index contributed by atoms with van der Waals surface area (Å²) in [6, 6.07) is 0. The second-order valence-corrected chi connectivity index (χ2v) is 23.1. The van der Waals surface area contributed by atoms with Crippen molar-refractivity contribution in [3.8, 4) is 0 Å². The molecule has 0 aromatic rings. The second-order valence-electron chi connectivity index (χ2n) is 23.1. The SMILES string of the molecule is CCCC/C=C\C/C=C\CCCCCCCC(=O)OCC(COC(OCC[N+](C)(C)C)C(=O)O)OC(=O)CCCCCCCCCCCCCCCCCCCCCCCCCCC/C=C\C/C=C\CCCCCCC. The van der Waals surface area contributed by atoms with Gasteiger partial charge in [0.05, 0.1) is 34.4 Å². The van der Waals surface area contributed by atoms with Gasteiger partial charge < -0.3 is 28.5 Å². The third-order valence-electron chi connectivity index (χ3n) is 14.3. The van der Waals surface area contributed by atoms with Crippen LogP contribution in [0.15, 0.2) is 48.6 Å². The summed E-state index contributed by atoms with van der Waals surface area (Å²) in [7, 11) is 5.97. The molecule has 76 heavy (non-hydrogen) atoms. The fourth-order valence-electron chi connectivity index (χ4n) is 9.30. The largest absolute Gasteiger partial charge is 0.477 e. The number of hydrogen-bond acceptors (Lipinski definition) is 7. The first-order valence-corrected chi connectivity index (χ1v) is 32.3. The van der Waals surface area contributed by atoms with Crippen LogP contribution in [0, 0.1) is 0 Å². The summed E-state index contributed by atoms with van der Waals surface area (Å²) in [6.45, 7) is 4.84. The van der Waals surface area contributed by atoms with Crippen molar-refractivity contribution in [2.45, 2.75) is 315 Å². The number of carbonyl (C=O) groups excluding carboxylic acids is 2. The van der Waals surface area contributed by atoms with Crippen LogP contribution in [0.25, 0.3) is 0 Å². The van der Waals surface area contributed by atoms with Gasteiger partial charge in [0, 0.05) is 12.8 Å². The minimum atomic E-state index is -1.51. The Bertz CT molecular complexity index is 1380. The van der Waals surface area contributed by atoms with Gasteiger partial charge in [-0.15, -0.1) is 0 Å². The topological polar surface area (TPSA) is 108 Å². The number of allylic oxidation sites excluding steroid dienone is 8. The van der Waals surface area contributed by atoms with Crippen LogP contribution < -0.4 is 0 Å². The van der Waals surface area contributed by atoms with Crippen LogP contribution in [0.5, 0.6) is 0 Å². The van der Waals surface area contributed by atoms with Crippen molar-refractivity contribution < 1.29 is 42.9 Å². The summed E-state index contributed by atoms with van der Waals surface area (Å²) in [5.41, 5.74) is 0. The van der Waals surface area contributed by atoms with E-state index in [1.165, 1.54) is 205 Å². The lowest BCUT2D eigenvalue weighted by Crippen LogP contribution is -2.40. The summed E-state index contributed by atoms with van der Waals surface area (Å²) in [5, 5.41) is 9.70. The first-order chi connectivity index (χ1) is 37.1. The van der Waals surface area contributed by atoms with Gasteiger partial charge >= 0.3 is 17.9 Å². The van der Waals surface area contributed by atoms with Gasteiger partial charge in [0.25, 0.3) is 6.29 Å². The number of carboxylic acid groups (broad SMARTS) is 1. The van der Waals surface area contributed by atoms with Gasteiger partial charge in [-0.1, -0.05) is 268 Å². The van der Waals surface area contributed by atoms with E-state index in [0.717, 1.165) is 70.6 Å². The minimum Gasteiger partial charge on any atom is -0.477 e. The molecule has 0 bridgehead atoms. The molecule has 0 aliphatic rings. The molecule has 0 aliphatic heterocycles. The van der Waals surface area contributed by atoms with Gasteiger partial charge in [-0.25, -0.2) is 4.79 Å². The Balaban J connectivity index is 3.97. The lowest BCUT2D eigenvalue weighted by atomic mass is 10.0. The number of hydrogen-bond donors (Lipinski definition) is 1. The zero-order chi connectivity index (χ0) is 55.5. The molecule has 0 fully saturated rings. The van der Waals surface area contributed by atoms with Crippen molar-refractivity contribution in [1.29, 1.82) is 0 Å². The highest BCUT2D eigenvalue weighted by Crippen LogP contribution is 2.18. The number of carbonyl (C=O) groups is 3. The fourth-order valence-corrected chi connectivity index (χ4v) is 9.30. The number of esters is 2. The number of quaternary nitrogens is 1. The fraction of sp³-hybridized carbons (Fsp3) is 0.836. The molecule has 2 atom stereocenters. The molecule has 0 aromatic carbocycles. The van der Waals surface area contributed by atoms with Gasteiger partial charge in [0.1, 0.15) is 13.2 Å². The van der Waals surface area contributed by atoms with Crippen molar-refractivity contribution in [1.82, 2.24) is 0 Å². The number of ether oxygens (including phenoxy) is 4. The molecule has 0 spiro atoms. The summed E-state index contributed by atoms with van der Waals surface area (Å²) in [6.07, 6.45) is 70.9. The summed E-state index contributed by atoms with van der Waals surface area (Å²) in [4.78, 5) is 37.4. The number of nitrogens with zero attached hydrogens (tertiary/aromatic N) is 1. The number of rotatable bonds is 60. The maximum atomic E-state index is 12.9. The highest BCUT2D eigenvalue weighted by Gasteiger charge is 2.25. The van der Waals surface area contributed by atoms with E-state index in [1.54, 1.807) is 0 Å². The normalized spacial score (nSPS) is 13.0. The van der Waals surface area contributed by atoms with Crippen LogP contribution in [-0.2, 0) is 33.3 Å². The average molecular weight is 1070 g/mol. The number of aliphatic carboxylic acids is 1. The highest BCUT2D eigenvalue weighted by molar-refractivity contribution is 5.71. The quantitative estimate of drug-likeness (QED) is 0.0211. The second kappa shape index (κ2) is 58.4. The summed E-state index contributed by atoms with van der Waals surface area (Å²) < 4.78 is 22.9. The minimum absolute atomic E-state index is 0.186. The van der Waals surface area contributed by atoms with E-state index in [2.05, 4.69) is 62.5 Å². The highest BCUT2D eigenvalue weighted by atomic mass is 16.7. The van der Waals surface area contributed by atoms with Crippen molar-refractivity contribution in [3.63, 3.8) is 0 Å². The maximum absolute atomic E-state index is 12.9. The Hall–Kier alpha value is -2.75. The molecule has 0 aliphatic carbocycles. The van der Waals surface area contributed by atoms with Gasteiger partial charge in [-0.3, -0.25) is 9.59 Å². The van der Waals surface area contributed by atoms with E-state index >= 15 is 0 Å². The zero-order valence-corrected chi connectivity index (χ0v) is 50.7. The van der Waals surface area contributed by atoms with Gasteiger partial charge in [-0.05, 0) is 70.6 Å². The summed E-state index contributed by atoms with van der Waals surface area (Å²) in [5.74, 6) is -2.01. The molecule has 1 N–H and O–H groups in total. The van der Waals surface area contributed by atoms with Crippen LogP contribution in [0.4, 0.5) is 0 Å². The van der Waals surface area contributed by atoms with Crippen LogP contribution in [0.2, 0.25) is 0 Å². The van der Waals surface area contributed by atoms with Gasteiger partial charge in [-0.2, -0.15) is 0 Å². The molecule has 0 aromatic heterocycles. The Morgan fingerprint density at radius 2 is 0.724 bits per heavy atom. The zero-order valence-electron chi connectivity index (χ0n) is 50.7. The lowest BCUT2D eigenvalue weighted by Gasteiger charge is -2.25. The number of carboxylic acids is 1. The smallest absolute Gasteiger partial charge is 0.361 e. The average Bonchev–Trinajstić information content (AvgIpc) is 3.39. The van der Waals surface area contributed by atoms with E-state index in [4.69, 9.17) is 18.9 Å². The first-order valence-electron chi connectivity index (χ1n) is 32.3. The summed E-state index contributed by atoms with van der Waals surface area (Å²) >= 11 is 0. The van der Waals surface area contributed by atoms with Crippen molar-refractivity contribution >= 4 is 17.9 Å². The molecular weight excluding hydrogens is 947 g/mol. The van der Waals surface area contributed by atoms with Crippen LogP contribution >= 0.6 is 0 Å². The van der Waals surface area contributed by atoms with Crippen molar-refractivity contribution in [3.05, 3.63) is 48.6 Å². The molecule has 0 amide bonds. The van der Waals surface area contributed by atoms with E-state index < -0.39 is 24.3 Å². The van der Waals surface area contributed by atoms with Crippen molar-refractivity contribution in [2.75, 3.05) is 47.5 Å². The van der Waals surface area contributed by atoms with E-state index in [9.17, 15) is 19.5 Å². The molecule has 444 valence electrons. The van der Waals surface area contributed by atoms with Gasteiger partial charge in [0.2, 0.25) is 0 Å².